The van der Waals surface area contributed by atoms with Crippen LogP contribution in [0.5, 0.6) is 0 Å². The van der Waals surface area contributed by atoms with E-state index in [4.69, 9.17) is 0 Å². The summed E-state index contributed by atoms with van der Waals surface area (Å²) in [6, 6.07) is 3.31. The number of anilines is 1. The van der Waals surface area contributed by atoms with E-state index in [1.807, 2.05) is 0 Å². The molecule has 132 valence electrons. The first-order chi connectivity index (χ1) is 11.5. The van der Waals surface area contributed by atoms with Gasteiger partial charge in [-0.3, -0.25) is 14.6 Å². The number of ketones is 1. The van der Waals surface area contributed by atoms with Crippen molar-refractivity contribution < 1.29 is 27.2 Å². The average Bonchev–Trinajstić information content (AvgIpc) is 2.49. The van der Waals surface area contributed by atoms with E-state index in [0.717, 1.165) is 13.1 Å². The second-order valence-corrected chi connectivity index (χ2v) is 5.99. The molecule has 0 atom stereocenters. The Bertz CT molecular complexity index is 866. The zero-order valence-electron chi connectivity index (χ0n) is 13.0. The highest BCUT2D eigenvalue weighted by Gasteiger charge is 2.36. The first-order valence-corrected chi connectivity index (χ1v) is 7.65. The van der Waals surface area contributed by atoms with Crippen LogP contribution in [-0.4, -0.2) is 16.7 Å². The predicted octanol–water partition coefficient (Wildman–Crippen LogP) is 4.83. The molecule has 1 aromatic carbocycles. The molecule has 0 spiro atoms. The fourth-order valence-corrected chi connectivity index (χ4v) is 2.74. The van der Waals surface area contributed by atoms with Gasteiger partial charge in [-0.05, 0) is 18.2 Å². The molecule has 0 aliphatic heterocycles. The van der Waals surface area contributed by atoms with Crippen LogP contribution in [0.2, 0.25) is 0 Å². The van der Waals surface area contributed by atoms with Crippen molar-refractivity contribution >= 4 is 33.3 Å². The van der Waals surface area contributed by atoms with Crippen LogP contribution in [-0.2, 0) is 11.0 Å². The molecule has 1 N–H and O–H groups in total. The summed E-state index contributed by atoms with van der Waals surface area (Å²) in [4.78, 5) is 26.0. The molecule has 0 aliphatic rings. The Hall–Kier alpha value is -2.29. The number of nitrogens with zero attached hydrogens (tertiary/aromatic N) is 1. The fraction of sp³-hybridized carbons (Fsp3) is 0.188. The average molecular weight is 419 g/mol. The number of carbonyl (C=O) groups excluding carboxylic acids is 2. The summed E-state index contributed by atoms with van der Waals surface area (Å²) in [5, 5.41) is 2.25. The first kappa shape index (κ1) is 19.0. The molecule has 4 nitrogen and oxygen atoms in total. The Kier molecular flexibility index (Phi) is 5.26. The van der Waals surface area contributed by atoms with Crippen molar-refractivity contribution in [3.63, 3.8) is 0 Å². The Labute approximate surface area is 148 Å². The van der Waals surface area contributed by atoms with Crippen molar-refractivity contribution in [3.05, 3.63) is 45.9 Å². The largest absolute Gasteiger partial charge is 0.418 e. The van der Waals surface area contributed by atoms with Gasteiger partial charge in [-0.25, -0.2) is 4.39 Å². The molecule has 0 aliphatic carbocycles. The summed E-state index contributed by atoms with van der Waals surface area (Å²) in [7, 11) is 0. The summed E-state index contributed by atoms with van der Waals surface area (Å²) in [6.45, 7) is 2.14. The lowest BCUT2D eigenvalue weighted by molar-refractivity contribution is -0.138. The van der Waals surface area contributed by atoms with E-state index in [1.165, 1.54) is 19.1 Å². The van der Waals surface area contributed by atoms with Gasteiger partial charge in [-0.1, -0.05) is 15.9 Å². The van der Waals surface area contributed by atoms with E-state index in [0.29, 0.717) is 6.07 Å². The fourth-order valence-electron chi connectivity index (χ4n) is 2.20. The van der Waals surface area contributed by atoms with Gasteiger partial charge >= 0.3 is 6.18 Å². The second-order valence-electron chi connectivity index (χ2n) is 5.14. The minimum Gasteiger partial charge on any atom is -0.324 e. The zero-order chi connectivity index (χ0) is 18.9. The summed E-state index contributed by atoms with van der Waals surface area (Å²) >= 11 is 3.08. The normalized spacial score (nSPS) is 11.3. The molecule has 1 heterocycles. The second kappa shape index (κ2) is 6.91. The Morgan fingerprint density at radius 2 is 1.84 bits per heavy atom. The van der Waals surface area contributed by atoms with Crippen molar-refractivity contribution in [2.24, 2.45) is 0 Å². The van der Waals surface area contributed by atoms with Crippen LogP contribution in [0.25, 0.3) is 11.1 Å². The standard InChI is InChI=1S/C16H11BrF4N2O2/c1-7(24)15-10(16(19,20)21)5-9(6-22-15)13-11(17)3-4-12(14(13)18)23-8(2)25/h3-6H,1-2H3,(H,23,25). The first-order valence-electron chi connectivity index (χ1n) is 6.86. The van der Waals surface area contributed by atoms with Gasteiger partial charge in [0.2, 0.25) is 5.91 Å². The van der Waals surface area contributed by atoms with Gasteiger partial charge < -0.3 is 5.32 Å². The lowest BCUT2D eigenvalue weighted by Crippen LogP contribution is -2.14. The van der Waals surface area contributed by atoms with Crippen LogP contribution < -0.4 is 5.32 Å². The predicted molar refractivity (Wildman–Crippen MR) is 86.6 cm³/mol. The third-order valence-corrected chi connectivity index (χ3v) is 3.88. The van der Waals surface area contributed by atoms with Gasteiger partial charge in [-0.2, -0.15) is 13.2 Å². The summed E-state index contributed by atoms with van der Waals surface area (Å²) in [5.41, 5.74) is -2.58. The van der Waals surface area contributed by atoms with E-state index < -0.39 is 34.9 Å². The lowest BCUT2D eigenvalue weighted by atomic mass is 10.0. The molecular weight excluding hydrogens is 408 g/mol. The van der Waals surface area contributed by atoms with Crippen molar-refractivity contribution in [2.75, 3.05) is 5.32 Å². The molecule has 0 radical (unpaired) electrons. The minimum absolute atomic E-state index is 0.171. The maximum absolute atomic E-state index is 14.6. The van der Waals surface area contributed by atoms with E-state index in [9.17, 15) is 27.2 Å². The van der Waals surface area contributed by atoms with Gasteiger partial charge in [0.1, 0.15) is 5.69 Å². The quantitative estimate of drug-likeness (QED) is 0.573. The van der Waals surface area contributed by atoms with Crippen molar-refractivity contribution in [1.29, 1.82) is 0 Å². The highest BCUT2D eigenvalue weighted by molar-refractivity contribution is 9.10. The van der Waals surface area contributed by atoms with Gasteiger partial charge in [0.15, 0.2) is 11.6 Å². The Balaban J connectivity index is 2.71. The molecule has 1 amide bonds. The van der Waals surface area contributed by atoms with Gasteiger partial charge in [-0.15, -0.1) is 0 Å². The topological polar surface area (TPSA) is 59.1 Å². The SMILES string of the molecule is CC(=O)Nc1ccc(Br)c(-c2cnc(C(C)=O)c(C(F)(F)F)c2)c1F. The molecule has 2 rings (SSSR count). The zero-order valence-corrected chi connectivity index (χ0v) is 14.5. The van der Waals surface area contributed by atoms with Crippen LogP contribution in [0.15, 0.2) is 28.9 Å². The van der Waals surface area contributed by atoms with Gasteiger partial charge in [0.25, 0.3) is 0 Å². The number of amides is 1. The number of rotatable bonds is 3. The molecular formula is C16H11BrF4N2O2. The van der Waals surface area contributed by atoms with E-state index in [1.54, 1.807) is 0 Å². The van der Waals surface area contributed by atoms with Gasteiger partial charge in [0, 0.05) is 35.6 Å². The highest BCUT2D eigenvalue weighted by Crippen LogP contribution is 2.38. The van der Waals surface area contributed by atoms with E-state index >= 15 is 0 Å². The summed E-state index contributed by atoms with van der Waals surface area (Å²) < 4.78 is 54.4. The van der Waals surface area contributed by atoms with Crippen molar-refractivity contribution in [2.45, 2.75) is 20.0 Å². The number of Topliss-reactive ketones (excluding diaryl/α,β-unsaturated/α-hetero) is 1. The third kappa shape index (κ3) is 4.04. The van der Waals surface area contributed by atoms with Crippen molar-refractivity contribution in [3.8, 4) is 11.1 Å². The number of hydrogen-bond donors (Lipinski definition) is 1. The molecule has 0 bridgehead atoms. The maximum atomic E-state index is 14.6. The van der Waals surface area contributed by atoms with Crippen LogP contribution >= 0.6 is 15.9 Å². The lowest BCUT2D eigenvalue weighted by Gasteiger charge is -2.15. The molecule has 0 saturated heterocycles. The number of carbonyl (C=O) groups is 2. The van der Waals surface area contributed by atoms with Crippen molar-refractivity contribution in [1.82, 2.24) is 4.98 Å². The van der Waals surface area contributed by atoms with Crippen LogP contribution in [0.4, 0.5) is 23.2 Å². The smallest absolute Gasteiger partial charge is 0.324 e. The number of aromatic nitrogens is 1. The van der Waals surface area contributed by atoms with E-state index in [-0.39, 0.29) is 21.3 Å². The molecule has 0 fully saturated rings. The summed E-state index contributed by atoms with van der Waals surface area (Å²) in [5.74, 6) is -2.31. The monoisotopic (exact) mass is 418 g/mol. The van der Waals surface area contributed by atoms with Crippen LogP contribution in [0.3, 0.4) is 0 Å². The van der Waals surface area contributed by atoms with Gasteiger partial charge in [0.05, 0.1) is 11.3 Å². The number of nitrogens with one attached hydrogen (secondary N) is 1. The minimum atomic E-state index is -4.83. The molecule has 2 aromatic rings. The molecule has 1 aromatic heterocycles. The number of pyridine rings is 1. The number of halogens is 5. The molecule has 0 saturated carbocycles. The maximum Gasteiger partial charge on any atom is 0.418 e. The highest BCUT2D eigenvalue weighted by atomic mass is 79.9. The van der Waals surface area contributed by atoms with Crippen LogP contribution in [0.1, 0.15) is 29.9 Å². The Morgan fingerprint density at radius 3 is 2.36 bits per heavy atom. The molecule has 9 heteroatoms. The third-order valence-electron chi connectivity index (χ3n) is 3.22. The molecule has 0 unspecified atom stereocenters. The summed E-state index contributed by atoms with van der Waals surface area (Å²) in [6.07, 6.45) is -3.85. The molecule has 25 heavy (non-hydrogen) atoms. The van der Waals surface area contributed by atoms with E-state index in [2.05, 4.69) is 26.2 Å². The Morgan fingerprint density at radius 1 is 1.20 bits per heavy atom. The number of alkyl halides is 3. The number of hydrogen-bond acceptors (Lipinski definition) is 3. The van der Waals surface area contributed by atoms with Crippen LogP contribution in [0, 0.1) is 5.82 Å². The number of benzene rings is 1.